The van der Waals surface area contributed by atoms with E-state index in [0.29, 0.717) is 5.69 Å². The first-order chi connectivity index (χ1) is 10.4. The Bertz CT molecular complexity index is 641. The van der Waals surface area contributed by atoms with Gasteiger partial charge in [-0.25, -0.2) is 17.9 Å². The lowest BCUT2D eigenvalue weighted by molar-refractivity contribution is 0.0589. The number of carbonyl (C=O) groups is 1. The Morgan fingerprint density at radius 1 is 1.27 bits per heavy atom. The molecule has 0 atom stereocenters. The van der Waals surface area contributed by atoms with Crippen LogP contribution in [0.3, 0.4) is 0 Å². The van der Waals surface area contributed by atoms with E-state index < -0.39 is 16.0 Å². The minimum absolute atomic E-state index is 0.0197. The van der Waals surface area contributed by atoms with E-state index in [4.69, 9.17) is 0 Å². The number of ether oxygens (including phenoxy) is 1. The van der Waals surface area contributed by atoms with Gasteiger partial charge in [0.2, 0.25) is 10.0 Å². The fourth-order valence-corrected chi connectivity index (χ4v) is 4.52. The van der Waals surface area contributed by atoms with E-state index >= 15 is 0 Å². The third-order valence-corrected chi connectivity index (χ3v) is 5.99. The SMILES string of the molecule is COC(=O)c1cc(S(=O)(=O)NC2CCCCCC2)c(C)n1C. The molecule has 1 N–H and O–H groups in total. The summed E-state index contributed by atoms with van der Waals surface area (Å²) < 4.78 is 34.3. The molecule has 124 valence electrons. The lowest BCUT2D eigenvalue weighted by atomic mass is 10.1. The molecule has 0 aromatic carbocycles. The smallest absolute Gasteiger partial charge is 0.354 e. The normalized spacial score (nSPS) is 17.2. The molecule has 0 radical (unpaired) electrons. The van der Waals surface area contributed by atoms with Crippen molar-refractivity contribution < 1.29 is 17.9 Å². The zero-order valence-corrected chi connectivity index (χ0v) is 14.2. The fourth-order valence-electron chi connectivity index (χ4n) is 2.92. The van der Waals surface area contributed by atoms with Crippen molar-refractivity contribution in [2.45, 2.75) is 56.4 Å². The van der Waals surface area contributed by atoms with Crippen LogP contribution in [-0.4, -0.2) is 32.1 Å². The van der Waals surface area contributed by atoms with E-state index in [2.05, 4.69) is 9.46 Å². The van der Waals surface area contributed by atoms with Crippen LogP contribution >= 0.6 is 0 Å². The quantitative estimate of drug-likeness (QED) is 0.678. The van der Waals surface area contributed by atoms with E-state index in [0.717, 1.165) is 38.5 Å². The van der Waals surface area contributed by atoms with Crippen LogP contribution in [0.15, 0.2) is 11.0 Å². The van der Waals surface area contributed by atoms with E-state index in [1.54, 1.807) is 18.5 Å². The maximum absolute atomic E-state index is 12.6. The minimum atomic E-state index is -3.63. The monoisotopic (exact) mass is 328 g/mol. The molecule has 1 heterocycles. The summed E-state index contributed by atoms with van der Waals surface area (Å²) in [6.07, 6.45) is 6.16. The topological polar surface area (TPSA) is 77.4 Å². The number of hydrogen-bond donors (Lipinski definition) is 1. The lowest BCUT2D eigenvalue weighted by Gasteiger charge is -2.16. The molecule has 1 aliphatic rings. The van der Waals surface area contributed by atoms with Crippen LogP contribution in [0.2, 0.25) is 0 Å². The number of nitrogens with zero attached hydrogens (tertiary/aromatic N) is 1. The maximum atomic E-state index is 12.6. The van der Waals surface area contributed by atoms with Crippen molar-refractivity contribution in [1.82, 2.24) is 9.29 Å². The zero-order valence-electron chi connectivity index (χ0n) is 13.4. The number of sulfonamides is 1. The molecule has 2 rings (SSSR count). The van der Waals surface area contributed by atoms with Gasteiger partial charge in [-0.3, -0.25) is 0 Å². The van der Waals surface area contributed by atoms with Crippen LogP contribution in [0.25, 0.3) is 0 Å². The number of esters is 1. The Hall–Kier alpha value is -1.34. The molecule has 0 saturated heterocycles. The summed E-state index contributed by atoms with van der Waals surface area (Å²) in [6.45, 7) is 1.69. The van der Waals surface area contributed by atoms with Crippen molar-refractivity contribution in [1.29, 1.82) is 0 Å². The van der Waals surface area contributed by atoms with Gasteiger partial charge in [0, 0.05) is 18.8 Å². The summed E-state index contributed by atoms with van der Waals surface area (Å²) in [6, 6.07) is 1.37. The molecule has 1 fully saturated rings. The largest absolute Gasteiger partial charge is 0.464 e. The highest BCUT2D eigenvalue weighted by molar-refractivity contribution is 7.89. The van der Waals surface area contributed by atoms with Gasteiger partial charge in [-0.15, -0.1) is 0 Å². The van der Waals surface area contributed by atoms with Gasteiger partial charge in [-0.2, -0.15) is 0 Å². The number of hydrogen-bond acceptors (Lipinski definition) is 4. The summed E-state index contributed by atoms with van der Waals surface area (Å²) in [7, 11) is -0.689. The van der Waals surface area contributed by atoms with Crippen LogP contribution in [0.1, 0.15) is 54.7 Å². The molecule has 1 aromatic rings. The van der Waals surface area contributed by atoms with Crippen molar-refractivity contribution >= 4 is 16.0 Å². The Kier molecular flexibility index (Phi) is 5.28. The van der Waals surface area contributed by atoms with Crippen LogP contribution in [-0.2, 0) is 21.8 Å². The summed E-state index contributed by atoms with van der Waals surface area (Å²) in [5.74, 6) is -0.540. The van der Waals surface area contributed by atoms with Gasteiger partial charge in [-0.05, 0) is 25.8 Å². The van der Waals surface area contributed by atoms with Crippen LogP contribution < -0.4 is 4.72 Å². The van der Waals surface area contributed by atoms with Gasteiger partial charge in [-0.1, -0.05) is 25.7 Å². The predicted molar refractivity (Wildman–Crippen MR) is 83.3 cm³/mol. The Balaban J connectivity index is 2.27. The Labute approximate surface area is 131 Å². The van der Waals surface area contributed by atoms with Gasteiger partial charge in [0.15, 0.2) is 0 Å². The number of aromatic nitrogens is 1. The first-order valence-corrected chi connectivity index (χ1v) is 9.12. The van der Waals surface area contributed by atoms with Gasteiger partial charge >= 0.3 is 5.97 Å². The lowest BCUT2D eigenvalue weighted by Crippen LogP contribution is -2.34. The first kappa shape index (κ1) is 17.0. The van der Waals surface area contributed by atoms with E-state index in [9.17, 15) is 13.2 Å². The molecular weight excluding hydrogens is 304 g/mol. The maximum Gasteiger partial charge on any atom is 0.354 e. The molecule has 1 aromatic heterocycles. The van der Waals surface area contributed by atoms with E-state index in [1.165, 1.54) is 13.2 Å². The first-order valence-electron chi connectivity index (χ1n) is 7.64. The third kappa shape index (κ3) is 3.52. The molecular formula is C15H24N2O4S. The molecule has 1 saturated carbocycles. The van der Waals surface area contributed by atoms with Gasteiger partial charge in [0.05, 0.1) is 7.11 Å². The number of methoxy groups -OCH3 is 1. The number of carbonyl (C=O) groups excluding carboxylic acids is 1. The minimum Gasteiger partial charge on any atom is -0.464 e. The Morgan fingerprint density at radius 2 is 1.86 bits per heavy atom. The van der Waals surface area contributed by atoms with Gasteiger partial charge in [0.1, 0.15) is 10.6 Å². The summed E-state index contributed by atoms with van der Waals surface area (Å²) >= 11 is 0. The Morgan fingerprint density at radius 3 is 2.41 bits per heavy atom. The van der Waals surface area contributed by atoms with Crippen molar-refractivity contribution in [2.75, 3.05) is 7.11 Å². The van der Waals surface area contributed by atoms with E-state index in [1.807, 2.05) is 0 Å². The van der Waals surface area contributed by atoms with Gasteiger partial charge in [0.25, 0.3) is 0 Å². The third-order valence-electron chi connectivity index (χ3n) is 4.35. The second kappa shape index (κ2) is 6.83. The summed E-state index contributed by atoms with van der Waals surface area (Å²) in [5.41, 5.74) is 0.766. The molecule has 0 bridgehead atoms. The average molecular weight is 328 g/mol. The second-order valence-electron chi connectivity index (χ2n) is 5.84. The highest BCUT2D eigenvalue weighted by Crippen LogP contribution is 2.23. The predicted octanol–water partition coefficient (Wildman–Crippen LogP) is 2.12. The van der Waals surface area contributed by atoms with Crippen LogP contribution in [0.4, 0.5) is 0 Å². The molecule has 0 spiro atoms. The van der Waals surface area contributed by atoms with E-state index in [-0.39, 0.29) is 16.6 Å². The standard InChI is InChI=1S/C15H24N2O4S/c1-11-14(10-13(17(11)2)15(18)21-3)22(19,20)16-12-8-6-4-5-7-9-12/h10,12,16H,4-9H2,1-3H3. The molecule has 6 nitrogen and oxygen atoms in total. The zero-order chi connectivity index (χ0) is 16.3. The van der Waals surface area contributed by atoms with Crippen molar-refractivity contribution in [3.63, 3.8) is 0 Å². The van der Waals surface area contributed by atoms with Crippen LogP contribution in [0.5, 0.6) is 0 Å². The molecule has 22 heavy (non-hydrogen) atoms. The van der Waals surface area contributed by atoms with Crippen LogP contribution in [0, 0.1) is 6.92 Å². The van der Waals surface area contributed by atoms with Crippen molar-refractivity contribution in [2.24, 2.45) is 7.05 Å². The highest BCUT2D eigenvalue weighted by Gasteiger charge is 2.27. The van der Waals surface area contributed by atoms with Gasteiger partial charge < -0.3 is 9.30 Å². The number of nitrogens with one attached hydrogen (secondary N) is 1. The molecule has 7 heteroatoms. The second-order valence-corrected chi connectivity index (χ2v) is 7.52. The molecule has 0 amide bonds. The average Bonchev–Trinajstić information content (AvgIpc) is 2.67. The summed E-state index contributed by atoms with van der Waals surface area (Å²) in [5, 5.41) is 0. The molecule has 0 unspecified atom stereocenters. The molecule has 0 aliphatic heterocycles. The van der Waals surface area contributed by atoms with Crippen molar-refractivity contribution in [3.8, 4) is 0 Å². The summed E-state index contributed by atoms with van der Waals surface area (Å²) in [4.78, 5) is 11.9. The fraction of sp³-hybridized carbons (Fsp3) is 0.667. The molecule has 1 aliphatic carbocycles. The number of rotatable bonds is 4. The highest BCUT2D eigenvalue weighted by atomic mass is 32.2. The van der Waals surface area contributed by atoms with Crippen molar-refractivity contribution in [3.05, 3.63) is 17.5 Å².